The Morgan fingerprint density at radius 2 is 1.00 bits per heavy atom. The van der Waals surface area contributed by atoms with E-state index in [4.69, 9.17) is 9.47 Å². The zero-order chi connectivity index (χ0) is 25.9. The van der Waals surface area contributed by atoms with Gasteiger partial charge < -0.3 is 9.47 Å². The molecule has 0 unspecified atom stereocenters. The van der Waals surface area contributed by atoms with Gasteiger partial charge in [-0.05, 0) is 61.1 Å². The van der Waals surface area contributed by atoms with E-state index >= 15 is 0 Å². The maximum atomic E-state index is 14.8. The van der Waals surface area contributed by atoms with E-state index in [-0.39, 0.29) is 35.5 Å². The highest BCUT2D eigenvalue weighted by molar-refractivity contribution is 5.78. The van der Waals surface area contributed by atoms with E-state index in [0.717, 1.165) is 32.1 Å². The van der Waals surface area contributed by atoms with E-state index in [1.54, 1.807) is 12.2 Å². The first-order valence-corrected chi connectivity index (χ1v) is 13.1. The van der Waals surface area contributed by atoms with Gasteiger partial charge in [0, 0.05) is 11.1 Å². The molecule has 2 aromatic rings. The molecule has 0 saturated carbocycles. The normalized spacial score (nSPS) is 13.4. The molecule has 6 heteroatoms. The van der Waals surface area contributed by atoms with Crippen LogP contribution < -0.4 is 9.47 Å². The minimum absolute atomic E-state index is 0.0868. The van der Waals surface area contributed by atoms with Gasteiger partial charge in [-0.15, -0.1) is 0 Å². The van der Waals surface area contributed by atoms with Crippen LogP contribution in [-0.4, -0.2) is 13.2 Å². The van der Waals surface area contributed by atoms with Crippen LogP contribution in [0.3, 0.4) is 0 Å². The molecule has 36 heavy (non-hydrogen) atoms. The molecule has 3 rings (SSSR count). The smallest absolute Gasteiger partial charge is 0.201 e. The fourth-order valence-electron chi connectivity index (χ4n) is 4.25. The van der Waals surface area contributed by atoms with Crippen molar-refractivity contribution in [1.82, 2.24) is 0 Å². The molecule has 0 fully saturated rings. The van der Waals surface area contributed by atoms with Gasteiger partial charge in [0.2, 0.25) is 11.6 Å². The van der Waals surface area contributed by atoms with Crippen molar-refractivity contribution in [3.05, 3.63) is 70.8 Å². The Morgan fingerprint density at radius 1 is 0.556 bits per heavy atom. The second-order valence-electron chi connectivity index (χ2n) is 9.16. The first-order chi connectivity index (χ1) is 17.5. The van der Waals surface area contributed by atoms with Crippen molar-refractivity contribution >= 4 is 11.1 Å². The van der Waals surface area contributed by atoms with Crippen LogP contribution >= 0.6 is 0 Å². The zero-order valence-electron chi connectivity index (χ0n) is 21.3. The summed E-state index contributed by atoms with van der Waals surface area (Å²) in [5, 5.41) is 0. The molecular weight excluding hydrogens is 468 g/mol. The van der Waals surface area contributed by atoms with E-state index < -0.39 is 23.3 Å². The molecule has 1 aliphatic rings. The number of ether oxygens (including phenoxy) is 2. The predicted molar refractivity (Wildman–Crippen MR) is 137 cm³/mol. The van der Waals surface area contributed by atoms with Crippen LogP contribution in [0, 0.1) is 23.3 Å². The van der Waals surface area contributed by atoms with Crippen molar-refractivity contribution in [2.24, 2.45) is 0 Å². The van der Waals surface area contributed by atoms with E-state index in [0.29, 0.717) is 24.4 Å². The molecule has 0 amide bonds. The third-order valence-corrected chi connectivity index (χ3v) is 6.43. The van der Waals surface area contributed by atoms with Crippen LogP contribution in [0.2, 0.25) is 0 Å². The summed E-state index contributed by atoms with van der Waals surface area (Å²) >= 11 is 0. The molecule has 0 radical (unpaired) electrons. The summed E-state index contributed by atoms with van der Waals surface area (Å²) in [6.07, 6.45) is 12.1. The Hall–Kier alpha value is -2.76. The third kappa shape index (κ3) is 7.14. The van der Waals surface area contributed by atoms with Gasteiger partial charge in [-0.25, -0.2) is 8.78 Å². The van der Waals surface area contributed by atoms with Gasteiger partial charge in [0.05, 0.1) is 13.2 Å². The van der Waals surface area contributed by atoms with Crippen molar-refractivity contribution < 1.29 is 27.0 Å². The molecule has 1 aliphatic carbocycles. The fourth-order valence-corrected chi connectivity index (χ4v) is 4.25. The fraction of sp³-hybridized carbons (Fsp3) is 0.467. The average molecular weight is 505 g/mol. The molecule has 0 saturated heterocycles. The largest absolute Gasteiger partial charge is 0.490 e. The van der Waals surface area contributed by atoms with Crippen LogP contribution in [0.25, 0.3) is 11.1 Å². The lowest BCUT2D eigenvalue weighted by Gasteiger charge is -2.17. The second-order valence-corrected chi connectivity index (χ2v) is 9.16. The van der Waals surface area contributed by atoms with E-state index in [1.807, 2.05) is 6.92 Å². The Kier molecular flexibility index (Phi) is 10.9. The Labute approximate surface area is 212 Å². The first-order valence-electron chi connectivity index (χ1n) is 13.1. The molecule has 0 spiro atoms. The minimum Gasteiger partial charge on any atom is -0.490 e. The summed E-state index contributed by atoms with van der Waals surface area (Å²) in [5.41, 5.74) is 1.49. The summed E-state index contributed by atoms with van der Waals surface area (Å²) in [5.74, 6) is -4.12. The Bertz CT molecular complexity index is 1080. The number of unbranched alkanes of at least 4 members (excludes halogenated alkanes) is 6. The predicted octanol–water partition coefficient (Wildman–Crippen LogP) is 9.42. The van der Waals surface area contributed by atoms with Crippen molar-refractivity contribution in [2.45, 2.75) is 78.1 Å². The van der Waals surface area contributed by atoms with Crippen LogP contribution in [0.4, 0.5) is 17.6 Å². The van der Waals surface area contributed by atoms with Crippen LogP contribution in [0.5, 0.6) is 11.5 Å². The lowest BCUT2D eigenvalue weighted by atomic mass is 9.90. The van der Waals surface area contributed by atoms with Gasteiger partial charge >= 0.3 is 0 Å². The van der Waals surface area contributed by atoms with E-state index in [9.17, 15) is 17.6 Å². The SMILES string of the molecule is CCCCCCCCOc1ccc(C2=CCC(c3ccc(OCCCC)c(F)c3F)=CC2)c(F)c1F. The summed E-state index contributed by atoms with van der Waals surface area (Å²) in [7, 11) is 0. The lowest BCUT2D eigenvalue weighted by Crippen LogP contribution is -2.04. The minimum atomic E-state index is -1.01. The summed E-state index contributed by atoms with van der Waals surface area (Å²) < 4.78 is 69.4. The van der Waals surface area contributed by atoms with Crippen molar-refractivity contribution in [3.8, 4) is 11.5 Å². The number of allylic oxidation sites excluding steroid dienone is 4. The number of benzene rings is 2. The topological polar surface area (TPSA) is 18.5 Å². The molecule has 0 heterocycles. The van der Waals surface area contributed by atoms with Crippen LogP contribution in [0.1, 0.15) is 89.2 Å². The quantitative estimate of drug-likeness (QED) is 0.188. The third-order valence-electron chi connectivity index (χ3n) is 6.43. The van der Waals surface area contributed by atoms with E-state index in [2.05, 4.69) is 6.92 Å². The average Bonchev–Trinajstić information content (AvgIpc) is 2.89. The highest BCUT2D eigenvalue weighted by Crippen LogP contribution is 2.36. The van der Waals surface area contributed by atoms with Gasteiger partial charge in [-0.3, -0.25) is 0 Å². The van der Waals surface area contributed by atoms with Gasteiger partial charge in [0.1, 0.15) is 0 Å². The van der Waals surface area contributed by atoms with Crippen molar-refractivity contribution in [1.29, 1.82) is 0 Å². The summed E-state index contributed by atoms with van der Waals surface area (Å²) in [6.45, 7) is 4.82. The highest BCUT2D eigenvalue weighted by atomic mass is 19.2. The highest BCUT2D eigenvalue weighted by Gasteiger charge is 2.21. The molecule has 2 aromatic carbocycles. The van der Waals surface area contributed by atoms with Gasteiger partial charge in [-0.1, -0.05) is 64.5 Å². The monoisotopic (exact) mass is 504 g/mol. The lowest BCUT2D eigenvalue weighted by molar-refractivity contribution is 0.284. The standard InChI is InChI=1S/C30H36F4O2/c1-3-5-7-8-9-10-20-36-26-18-16-24(28(32)30(26)34)22-13-11-21(12-14-22)23-15-17-25(29(33)27(23)31)35-19-6-4-2/h11,14-18H,3-10,12-13,19-20H2,1-2H3. The van der Waals surface area contributed by atoms with Gasteiger partial charge in [-0.2, -0.15) is 8.78 Å². The molecule has 196 valence electrons. The molecule has 0 N–H and O–H groups in total. The molecular formula is C30H36F4O2. The summed E-state index contributed by atoms with van der Waals surface area (Å²) in [4.78, 5) is 0. The second kappa shape index (κ2) is 14.1. The molecule has 0 aliphatic heterocycles. The van der Waals surface area contributed by atoms with Crippen LogP contribution in [-0.2, 0) is 0 Å². The van der Waals surface area contributed by atoms with E-state index in [1.165, 1.54) is 43.5 Å². The maximum absolute atomic E-state index is 14.8. The van der Waals surface area contributed by atoms with Crippen LogP contribution in [0.15, 0.2) is 36.4 Å². The zero-order valence-corrected chi connectivity index (χ0v) is 21.3. The number of hydrogen-bond donors (Lipinski definition) is 0. The van der Waals surface area contributed by atoms with Crippen molar-refractivity contribution in [3.63, 3.8) is 0 Å². The first kappa shape index (κ1) is 27.8. The number of rotatable bonds is 14. The number of halogens is 4. The maximum Gasteiger partial charge on any atom is 0.201 e. The van der Waals surface area contributed by atoms with Gasteiger partial charge in [0.25, 0.3) is 0 Å². The van der Waals surface area contributed by atoms with Crippen molar-refractivity contribution in [2.75, 3.05) is 13.2 Å². The Balaban J connectivity index is 1.61. The molecule has 0 atom stereocenters. The summed E-state index contributed by atoms with van der Waals surface area (Å²) in [6, 6.07) is 5.91. The van der Waals surface area contributed by atoms with Gasteiger partial charge in [0.15, 0.2) is 23.1 Å². The number of hydrogen-bond acceptors (Lipinski definition) is 2. The Morgan fingerprint density at radius 3 is 1.47 bits per heavy atom. The molecule has 0 bridgehead atoms. The molecule has 0 aromatic heterocycles. The molecule has 2 nitrogen and oxygen atoms in total.